The van der Waals surface area contributed by atoms with Gasteiger partial charge < -0.3 is 24.6 Å². The molecule has 0 aromatic heterocycles. The van der Waals surface area contributed by atoms with Crippen LogP contribution in [0, 0.1) is 0 Å². The molecule has 26 heavy (non-hydrogen) atoms. The second-order valence-corrected chi connectivity index (χ2v) is 5.65. The lowest BCUT2D eigenvalue weighted by Crippen LogP contribution is -2.35. The van der Waals surface area contributed by atoms with Crippen molar-refractivity contribution in [2.75, 3.05) is 26.3 Å². The number of ether oxygens (including phenoxy) is 2. The topological polar surface area (TPSA) is 79.2 Å². The SMILES string of the molecule is O=C(c1ccc(-c2ccc3c(c2)OC(F)(F)O3)cc1)N(CCO)CCO. The molecule has 2 N–H and O–H groups in total. The molecule has 1 heterocycles. The Bertz CT molecular complexity index is 789. The fourth-order valence-electron chi connectivity index (χ4n) is 2.67. The Morgan fingerprint density at radius 2 is 1.50 bits per heavy atom. The van der Waals surface area contributed by atoms with Crippen LogP contribution in [0.15, 0.2) is 42.5 Å². The maximum absolute atomic E-state index is 13.1. The molecule has 3 rings (SSSR count). The van der Waals surface area contributed by atoms with Gasteiger partial charge in [0.15, 0.2) is 11.5 Å². The summed E-state index contributed by atoms with van der Waals surface area (Å²) < 4.78 is 35.0. The molecule has 0 saturated heterocycles. The van der Waals surface area contributed by atoms with Gasteiger partial charge in [-0.3, -0.25) is 4.79 Å². The van der Waals surface area contributed by atoms with E-state index in [2.05, 4.69) is 9.47 Å². The highest BCUT2D eigenvalue weighted by molar-refractivity contribution is 5.94. The van der Waals surface area contributed by atoms with Crippen molar-refractivity contribution < 1.29 is 33.3 Å². The zero-order valence-corrected chi connectivity index (χ0v) is 13.7. The zero-order chi connectivity index (χ0) is 18.7. The Morgan fingerprint density at radius 3 is 2.12 bits per heavy atom. The summed E-state index contributed by atoms with van der Waals surface area (Å²) in [7, 11) is 0. The van der Waals surface area contributed by atoms with Crippen molar-refractivity contribution in [2.45, 2.75) is 6.29 Å². The Balaban J connectivity index is 1.79. The average molecular weight is 365 g/mol. The van der Waals surface area contributed by atoms with Gasteiger partial charge >= 0.3 is 6.29 Å². The van der Waals surface area contributed by atoms with E-state index in [1.54, 1.807) is 30.3 Å². The number of benzene rings is 2. The number of hydrogen-bond acceptors (Lipinski definition) is 5. The van der Waals surface area contributed by atoms with Crippen LogP contribution in [0.5, 0.6) is 11.5 Å². The molecule has 0 saturated carbocycles. The van der Waals surface area contributed by atoms with E-state index in [1.165, 1.54) is 17.0 Å². The van der Waals surface area contributed by atoms with Crippen molar-refractivity contribution in [3.63, 3.8) is 0 Å². The predicted molar refractivity (Wildman–Crippen MR) is 88.2 cm³/mol. The van der Waals surface area contributed by atoms with Crippen LogP contribution < -0.4 is 9.47 Å². The minimum absolute atomic E-state index is 0.0332. The van der Waals surface area contributed by atoms with Crippen LogP contribution in [0.4, 0.5) is 8.78 Å². The minimum atomic E-state index is -3.67. The Kier molecular flexibility index (Phi) is 5.06. The molecular formula is C18H17F2NO5. The monoisotopic (exact) mass is 365 g/mol. The number of alkyl halides is 2. The Morgan fingerprint density at radius 1 is 0.923 bits per heavy atom. The van der Waals surface area contributed by atoms with E-state index < -0.39 is 6.29 Å². The predicted octanol–water partition coefficient (Wildman–Crippen LogP) is 2.10. The molecule has 1 amide bonds. The number of aliphatic hydroxyl groups is 2. The molecule has 0 aliphatic carbocycles. The number of amides is 1. The summed E-state index contributed by atoms with van der Waals surface area (Å²) in [6, 6.07) is 11.0. The third kappa shape index (κ3) is 3.76. The second-order valence-electron chi connectivity index (χ2n) is 5.65. The number of halogens is 2. The van der Waals surface area contributed by atoms with Gasteiger partial charge in [0, 0.05) is 18.7 Å². The van der Waals surface area contributed by atoms with Crippen LogP contribution in [0.3, 0.4) is 0 Å². The van der Waals surface area contributed by atoms with Crippen LogP contribution in [0.1, 0.15) is 10.4 Å². The summed E-state index contributed by atoms with van der Waals surface area (Å²) in [5.41, 5.74) is 1.73. The van der Waals surface area contributed by atoms with Crippen molar-refractivity contribution in [3.8, 4) is 22.6 Å². The molecule has 8 heteroatoms. The molecule has 0 fully saturated rings. The smallest absolute Gasteiger partial charge is 0.395 e. The summed E-state index contributed by atoms with van der Waals surface area (Å²) in [4.78, 5) is 13.7. The summed E-state index contributed by atoms with van der Waals surface area (Å²) in [5, 5.41) is 18.0. The van der Waals surface area contributed by atoms with Crippen molar-refractivity contribution in [2.24, 2.45) is 0 Å². The molecule has 0 atom stereocenters. The molecule has 138 valence electrons. The lowest BCUT2D eigenvalue weighted by Gasteiger charge is -2.20. The average Bonchev–Trinajstić information content (AvgIpc) is 2.94. The Labute approximate surface area is 148 Å². The Hall–Kier alpha value is -2.71. The maximum Gasteiger partial charge on any atom is 0.586 e. The summed E-state index contributed by atoms with van der Waals surface area (Å²) in [6.45, 7) is -0.160. The third-order valence-electron chi connectivity index (χ3n) is 3.89. The van der Waals surface area contributed by atoms with E-state index in [0.29, 0.717) is 16.7 Å². The quantitative estimate of drug-likeness (QED) is 0.820. The van der Waals surface area contributed by atoms with Crippen molar-refractivity contribution in [3.05, 3.63) is 48.0 Å². The van der Waals surface area contributed by atoms with Crippen LogP contribution in [-0.2, 0) is 0 Å². The zero-order valence-electron chi connectivity index (χ0n) is 13.7. The van der Waals surface area contributed by atoms with Crippen molar-refractivity contribution >= 4 is 5.91 Å². The van der Waals surface area contributed by atoms with Gasteiger partial charge in [0.05, 0.1) is 13.2 Å². The van der Waals surface area contributed by atoms with Gasteiger partial charge in [0.1, 0.15) is 0 Å². The molecule has 1 aliphatic rings. The molecule has 0 spiro atoms. The highest BCUT2D eigenvalue weighted by Crippen LogP contribution is 2.42. The minimum Gasteiger partial charge on any atom is -0.395 e. The first-order chi connectivity index (χ1) is 12.4. The van der Waals surface area contributed by atoms with Crippen LogP contribution >= 0.6 is 0 Å². The van der Waals surface area contributed by atoms with Crippen LogP contribution in [0.25, 0.3) is 11.1 Å². The summed E-state index contributed by atoms with van der Waals surface area (Å²) in [5.74, 6) is -0.399. The number of fused-ring (bicyclic) bond motifs is 1. The largest absolute Gasteiger partial charge is 0.586 e. The van der Waals surface area contributed by atoms with E-state index in [1.807, 2.05) is 0 Å². The summed E-state index contributed by atoms with van der Waals surface area (Å²) in [6.07, 6.45) is -3.67. The van der Waals surface area contributed by atoms with Crippen molar-refractivity contribution in [1.82, 2.24) is 4.90 Å². The van der Waals surface area contributed by atoms with Gasteiger partial charge in [-0.1, -0.05) is 18.2 Å². The first-order valence-electron chi connectivity index (χ1n) is 7.95. The van der Waals surface area contributed by atoms with Crippen LogP contribution in [0.2, 0.25) is 0 Å². The second kappa shape index (κ2) is 7.27. The molecule has 0 radical (unpaired) electrons. The van der Waals surface area contributed by atoms with Gasteiger partial charge in [-0.05, 0) is 35.4 Å². The van der Waals surface area contributed by atoms with Gasteiger partial charge in [-0.2, -0.15) is 0 Å². The van der Waals surface area contributed by atoms with Gasteiger partial charge in [-0.25, -0.2) is 0 Å². The summed E-state index contributed by atoms with van der Waals surface area (Å²) >= 11 is 0. The normalized spacial score (nSPS) is 14.3. The van der Waals surface area contributed by atoms with Crippen molar-refractivity contribution in [1.29, 1.82) is 0 Å². The number of aliphatic hydroxyl groups excluding tert-OH is 2. The number of carbonyl (C=O) groups excluding carboxylic acids is 1. The number of carbonyl (C=O) groups is 1. The molecule has 1 aliphatic heterocycles. The van der Waals surface area contributed by atoms with E-state index in [-0.39, 0.29) is 43.7 Å². The fraction of sp³-hybridized carbons (Fsp3) is 0.278. The highest BCUT2D eigenvalue weighted by Gasteiger charge is 2.43. The first-order valence-corrected chi connectivity index (χ1v) is 7.95. The van der Waals surface area contributed by atoms with Crippen LogP contribution in [-0.4, -0.2) is 53.6 Å². The van der Waals surface area contributed by atoms with Gasteiger partial charge in [-0.15, -0.1) is 8.78 Å². The molecule has 0 unspecified atom stereocenters. The molecule has 0 bridgehead atoms. The lowest BCUT2D eigenvalue weighted by atomic mass is 10.0. The van der Waals surface area contributed by atoms with Gasteiger partial charge in [0.2, 0.25) is 0 Å². The number of nitrogens with zero attached hydrogens (tertiary/aromatic N) is 1. The van der Waals surface area contributed by atoms with Gasteiger partial charge in [0.25, 0.3) is 5.91 Å². The molecule has 2 aromatic rings. The highest BCUT2D eigenvalue weighted by atomic mass is 19.3. The fourth-order valence-corrected chi connectivity index (χ4v) is 2.67. The van der Waals surface area contributed by atoms with E-state index >= 15 is 0 Å². The maximum atomic E-state index is 13.1. The standard InChI is InChI=1S/C18H17F2NO5/c19-18(20)25-15-6-5-14(11-16(15)26-18)12-1-3-13(4-2-12)17(24)21(7-9-22)8-10-23/h1-6,11,22-23H,7-10H2. The molecular weight excluding hydrogens is 348 g/mol. The molecule has 6 nitrogen and oxygen atoms in total. The number of rotatable bonds is 6. The lowest BCUT2D eigenvalue weighted by molar-refractivity contribution is -0.286. The van der Waals surface area contributed by atoms with E-state index in [4.69, 9.17) is 10.2 Å². The van der Waals surface area contributed by atoms with E-state index in [0.717, 1.165) is 0 Å². The molecule has 2 aromatic carbocycles. The first kappa shape index (κ1) is 18.1. The van der Waals surface area contributed by atoms with E-state index in [9.17, 15) is 13.6 Å². The number of hydrogen-bond donors (Lipinski definition) is 2. The third-order valence-corrected chi connectivity index (χ3v) is 3.89.